The quantitative estimate of drug-likeness (QED) is 0.288. The van der Waals surface area contributed by atoms with E-state index in [9.17, 15) is 24.3 Å². The highest BCUT2D eigenvalue weighted by Crippen LogP contribution is 2.41. The van der Waals surface area contributed by atoms with E-state index in [1.54, 1.807) is 44.2 Å². The largest absolute Gasteiger partial charge is 0.496 e. The molecule has 1 aliphatic rings. The fourth-order valence-corrected chi connectivity index (χ4v) is 6.03. The van der Waals surface area contributed by atoms with Gasteiger partial charge in [-0.05, 0) is 48.7 Å². The van der Waals surface area contributed by atoms with Crippen molar-refractivity contribution in [1.29, 1.82) is 0 Å². The van der Waals surface area contributed by atoms with Gasteiger partial charge in [0, 0.05) is 62.3 Å². The zero-order valence-corrected chi connectivity index (χ0v) is 26.2. The molecule has 0 radical (unpaired) electrons. The lowest BCUT2D eigenvalue weighted by Crippen LogP contribution is -2.58. The van der Waals surface area contributed by atoms with Crippen LogP contribution in [0.25, 0.3) is 22.3 Å². The van der Waals surface area contributed by atoms with Crippen molar-refractivity contribution in [3.8, 4) is 28.0 Å². The Morgan fingerprint density at radius 3 is 2.38 bits per heavy atom. The number of likely N-dealkylation sites (tertiary alicyclic amines) is 1. The van der Waals surface area contributed by atoms with Crippen molar-refractivity contribution < 1.29 is 23.8 Å². The predicted octanol–water partition coefficient (Wildman–Crippen LogP) is 4.69. The fourth-order valence-electron chi connectivity index (χ4n) is 5.69. The summed E-state index contributed by atoms with van der Waals surface area (Å²) in [4.78, 5) is 51.0. The lowest BCUT2D eigenvalue weighted by atomic mass is 9.82. The summed E-state index contributed by atoms with van der Waals surface area (Å²) in [6, 6.07) is 13.7. The maximum atomic E-state index is 15.5. The zero-order chi connectivity index (χ0) is 32.8. The van der Waals surface area contributed by atoms with E-state index in [1.807, 2.05) is 17.0 Å². The van der Waals surface area contributed by atoms with Crippen molar-refractivity contribution in [1.82, 2.24) is 14.0 Å². The van der Waals surface area contributed by atoms with Crippen LogP contribution in [0, 0.1) is 18.2 Å². The summed E-state index contributed by atoms with van der Waals surface area (Å²) < 4.78 is 23.1. The van der Waals surface area contributed by atoms with Gasteiger partial charge in [0.1, 0.15) is 17.1 Å². The predicted molar refractivity (Wildman–Crippen MR) is 169 cm³/mol. The summed E-state index contributed by atoms with van der Waals surface area (Å²) >= 11 is 6.95. The Morgan fingerprint density at radius 1 is 1.07 bits per heavy atom. The molecule has 2 heterocycles. The summed E-state index contributed by atoms with van der Waals surface area (Å²) in [6.07, 6.45) is 1.20. The highest BCUT2D eigenvalue weighted by atomic mass is 35.5. The first-order chi connectivity index (χ1) is 21.2. The van der Waals surface area contributed by atoms with E-state index in [1.165, 1.54) is 33.5 Å². The molecule has 1 aliphatic heterocycles. The van der Waals surface area contributed by atoms with Crippen molar-refractivity contribution in [2.24, 2.45) is 19.5 Å². The first-order valence-electron chi connectivity index (χ1n) is 14.0. The smallest absolute Gasteiger partial charge is 0.330 e. The van der Waals surface area contributed by atoms with Crippen molar-refractivity contribution in [3.05, 3.63) is 103 Å². The van der Waals surface area contributed by atoms with Crippen LogP contribution < -0.4 is 21.3 Å². The number of halogens is 2. The van der Waals surface area contributed by atoms with Gasteiger partial charge in [-0.1, -0.05) is 41.9 Å². The maximum absolute atomic E-state index is 15.5. The Labute approximate surface area is 263 Å². The summed E-state index contributed by atoms with van der Waals surface area (Å²) in [5.41, 5.74) is 1.54. The van der Waals surface area contributed by atoms with Gasteiger partial charge in [0.05, 0.1) is 17.5 Å². The van der Waals surface area contributed by atoms with Crippen LogP contribution in [0.1, 0.15) is 28.4 Å². The Bertz CT molecular complexity index is 1980. The van der Waals surface area contributed by atoms with Gasteiger partial charge in [0.15, 0.2) is 0 Å². The second-order valence-corrected chi connectivity index (χ2v) is 11.9. The number of carbonyl (C=O) groups excluding carboxylic acids is 1. The Balaban J connectivity index is 1.46. The molecule has 0 bridgehead atoms. The lowest BCUT2D eigenvalue weighted by molar-refractivity contribution is -0.159. The Hall–Kier alpha value is -4.74. The van der Waals surface area contributed by atoms with E-state index >= 15 is 4.39 Å². The van der Waals surface area contributed by atoms with Crippen LogP contribution in [-0.4, -0.2) is 51.2 Å². The molecule has 1 aromatic heterocycles. The topological polar surface area (TPSA) is 123 Å². The van der Waals surface area contributed by atoms with Gasteiger partial charge in [-0.2, -0.15) is 0 Å². The minimum Gasteiger partial charge on any atom is -0.496 e. The highest BCUT2D eigenvalue weighted by molar-refractivity contribution is 6.36. The molecule has 5 rings (SSSR count). The third-order valence-corrected chi connectivity index (χ3v) is 8.70. The molecule has 2 N–H and O–H groups in total. The van der Waals surface area contributed by atoms with E-state index in [0.717, 1.165) is 9.13 Å². The third-order valence-electron chi connectivity index (χ3n) is 8.29. The number of aryl methyl sites for hydroxylation is 1. The van der Waals surface area contributed by atoms with Crippen LogP contribution >= 0.6 is 11.6 Å². The maximum Gasteiger partial charge on any atom is 0.330 e. The summed E-state index contributed by atoms with van der Waals surface area (Å²) in [6.45, 7) is 4.28. The molecule has 1 amide bonds. The van der Waals surface area contributed by atoms with Gasteiger partial charge < -0.3 is 19.7 Å². The number of rotatable bonds is 8. The number of ether oxygens (including phenoxy) is 1. The monoisotopic (exact) mass is 634 g/mol. The normalized spacial score (nSPS) is 14.1. The number of nitrogens with one attached hydrogen (secondary N) is 1. The second-order valence-electron chi connectivity index (χ2n) is 11.5. The number of benzene rings is 3. The molecule has 1 saturated heterocycles. The molecule has 0 aliphatic carbocycles. The fraction of sp³-hybridized carbons (Fsp3) is 0.273. The molecule has 12 heteroatoms. The van der Waals surface area contributed by atoms with Crippen LogP contribution in [0.4, 0.5) is 10.1 Å². The Kier molecular flexibility index (Phi) is 8.43. The summed E-state index contributed by atoms with van der Waals surface area (Å²) in [7, 11) is 4.21. The second kappa shape index (κ2) is 12.0. The number of aromatic nitrogens is 2. The molecule has 45 heavy (non-hydrogen) atoms. The van der Waals surface area contributed by atoms with E-state index in [0.29, 0.717) is 62.9 Å². The van der Waals surface area contributed by atoms with Crippen LogP contribution in [0.2, 0.25) is 5.02 Å². The first kappa shape index (κ1) is 31.7. The van der Waals surface area contributed by atoms with E-state index in [-0.39, 0.29) is 12.1 Å². The van der Waals surface area contributed by atoms with Gasteiger partial charge in [-0.25, -0.2) is 9.18 Å². The van der Waals surface area contributed by atoms with Gasteiger partial charge in [-0.15, -0.1) is 0 Å². The number of hydrogen-bond acceptors (Lipinski definition) is 6. The van der Waals surface area contributed by atoms with Gasteiger partial charge in [0.2, 0.25) is 0 Å². The van der Waals surface area contributed by atoms with Crippen LogP contribution in [0.3, 0.4) is 0 Å². The number of hydrogen-bond donors (Lipinski definition) is 2. The van der Waals surface area contributed by atoms with Gasteiger partial charge in [0.25, 0.3) is 11.5 Å². The third kappa shape index (κ3) is 5.76. The molecule has 0 spiro atoms. The van der Waals surface area contributed by atoms with E-state index < -0.39 is 34.4 Å². The number of amides is 1. The molecule has 10 nitrogen and oxygen atoms in total. The Morgan fingerprint density at radius 2 is 1.71 bits per heavy atom. The van der Waals surface area contributed by atoms with Gasteiger partial charge >= 0.3 is 11.7 Å². The molecule has 1 fully saturated rings. The number of nitrogens with zero attached hydrogens (tertiary/aromatic N) is 3. The number of carboxylic acid groups (broad SMARTS) is 1. The number of carbonyl (C=O) groups is 2. The highest BCUT2D eigenvalue weighted by Gasteiger charge is 2.45. The summed E-state index contributed by atoms with van der Waals surface area (Å²) in [5, 5.41) is 12.5. The minimum absolute atomic E-state index is 0.186. The van der Waals surface area contributed by atoms with Crippen molar-refractivity contribution in [3.63, 3.8) is 0 Å². The van der Waals surface area contributed by atoms with Crippen LogP contribution in [-0.2, 0) is 25.4 Å². The van der Waals surface area contributed by atoms with E-state index in [4.69, 9.17) is 16.3 Å². The molecule has 4 aromatic rings. The average molecular weight is 635 g/mol. The molecular formula is C33H32ClFN4O6. The van der Waals surface area contributed by atoms with Crippen molar-refractivity contribution >= 4 is 29.2 Å². The van der Waals surface area contributed by atoms with Gasteiger partial charge in [-0.3, -0.25) is 23.9 Å². The van der Waals surface area contributed by atoms with Crippen LogP contribution in [0.5, 0.6) is 5.75 Å². The number of aliphatic carboxylic acids is 1. The van der Waals surface area contributed by atoms with E-state index in [2.05, 4.69) is 5.32 Å². The molecular weight excluding hydrogens is 603 g/mol. The SMILES string of the molecule is COc1cc(-c2cccc(-c3cccc(NC(=O)c4cn(C)c(=O)n(C)c4=O)c3C)c2Cl)cc(F)c1CN1CC(C)(C(=O)O)C1. The molecule has 234 valence electrons. The minimum atomic E-state index is -0.880. The standard InChI is InChI=1S/C33H32ClFN4O6/c1-18-20(8-7-11-26(18)36-29(40)24-14-37(3)32(44)38(4)30(24)41)22-10-6-9-21(28(22)34)19-12-25(35)23(27(13-19)45-5)15-39-16-33(2,17-39)31(42)43/h6-14H,15-17H2,1-5H3,(H,36,40)(H,42,43). The number of carboxylic acids is 1. The number of anilines is 1. The van der Waals surface area contributed by atoms with Crippen LogP contribution in [0.15, 0.2) is 64.3 Å². The molecule has 0 saturated carbocycles. The van der Waals surface area contributed by atoms with Crippen molar-refractivity contribution in [2.45, 2.75) is 20.4 Å². The molecule has 3 aromatic carbocycles. The lowest BCUT2D eigenvalue weighted by Gasteiger charge is -2.45. The number of methoxy groups -OCH3 is 1. The average Bonchev–Trinajstić information content (AvgIpc) is 2.98. The molecule has 0 unspecified atom stereocenters. The zero-order valence-electron chi connectivity index (χ0n) is 25.4. The van der Waals surface area contributed by atoms with Crippen molar-refractivity contribution in [2.75, 3.05) is 25.5 Å². The first-order valence-corrected chi connectivity index (χ1v) is 14.4. The molecule has 0 atom stereocenters. The summed E-state index contributed by atoms with van der Waals surface area (Å²) in [5.74, 6) is -1.73.